The Balaban J connectivity index is 1.68. The van der Waals surface area contributed by atoms with Crippen molar-refractivity contribution in [3.63, 3.8) is 0 Å². The zero-order valence-corrected chi connectivity index (χ0v) is 19.1. The number of methoxy groups -OCH3 is 1. The molecule has 0 fully saturated rings. The highest BCUT2D eigenvalue weighted by atomic mass is 32.2. The topological polar surface area (TPSA) is 94.2 Å². The lowest BCUT2D eigenvalue weighted by molar-refractivity contribution is 0.390. The molecule has 33 heavy (non-hydrogen) atoms. The van der Waals surface area contributed by atoms with Gasteiger partial charge in [-0.25, -0.2) is 4.98 Å². The molecule has 8 heteroatoms. The molecule has 4 rings (SSSR count). The number of ether oxygens (including phenoxy) is 1. The quantitative estimate of drug-likeness (QED) is 0.306. The Morgan fingerprint density at radius 1 is 1.06 bits per heavy atom. The van der Waals surface area contributed by atoms with Crippen LogP contribution < -0.4 is 8.92 Å². The first-order valence-corrected chi connectivity index (χ1v) is 11.5. The van der Waals surface area contributed by atoms with Gasteiger partial charge in [0.15, 0.2) is 17.3 Å². The monoisotopic (exact) mass is 459 g/mol. The fraction of sp³-hybridized carbons (Fsp3) is 0.120. The average molecular weight is 460 g/mol. The van der Waals surface area contributed by atoms with Gasteiger partial charge in [-0.05, 0) is 55.0 Å². The highest BCUT2D eigenvalue weighted by molar-refractivity contribution is 7.87. The molecule has 0 amide bonds. The second-order valence-corrected chi connectivity index (χ2v) is 8.96. The fourth-order valence-electron chi connectivity index (χ4n) is 3.41. The summed E-state index contributed by atoms with van der Waals surface area (Å²) >= 11 is 0. The van der Waals surface area contributed by atoms with Gasteiger partial charge in [-0.2, -0.15) is 13.7 Å². The van der Waals surface area contributed by atoms with Crippen LogP contribution in [-0.2, 0) is 17.2 Å². The molecule has 4 aromatic rings. The van der Waals surface area contributed by atoms with E-state index in [4.69, 9.17) is 8.92 Å². The summed E-state index contributed by atoms with van der Waals surface area (Å²) in [5.74, 6) is 0.804. The molecule has 0 radical (unpaired) electrons. The summed E-state index contributed by atoms with van der Waals surface area (Å²) in [6.45, 7) is 1.87. The van der Waals surface area contributed by atoms with E-state index in [1.54, 1.807) is 30.3 Å². The molecule has 0 aliphatic carbocycles. The third-order valence-electron chi connectivity index (χ3n) is 5.16. The predicted octanol–water partition coefficient (Wildman–Crippen LogP) is 4.72. The van der Waals surface area contributed by atoms with Gasteiger partial charge >= 0.3 is 10.1 Å². The Morgan fingerprint density at radius 2 is 1.79 bits per heavy atom. The van der Waals surface area contributed by atoms with Crippen LogP contribution in [0.4, 0.5) is 0 Å². The van der Waals surface area contributed by atoms with E-state index < -0.39 is 10.1 Å². The van der Waals surface area contributed by atoms with Crippen molar-refractivity contribution in [2.75, 3.05) is 7.11 Å². The van der Waals surface area contributed by atoms with Crippen LogP contribution in [0.5, 0.6) is 11.5 Å². The zero-order valence-electron chi connectivity index (χ0n) is 18.3. The lowest BCUT2D eigenvalue weighted by atomic mass is 10.1. The number of para-hydroxylation sites is 2. The third kappa shape index (κ3) is 4.45. The summed E-state index contributed by atoms with van der Waals surface area (Å²) in [5, 5.41) is 9.76. The normalized spacial score (nSPS) is 11.9. The van der Waals surface area contributed by atoms with Crippen LogP contribution in [0.15, 0.2) is 71.6 Å². The van der Waals surface area contributed by atoms with Crippen LogP contribution in [0.25, 0.3) is 22.7 Å². The van der Waals surface area contributed by atoms with Crippen molar-refractivity contribution in [1.29, 1.82) is 5.26 Å². The number of fused-ring (bicyclic) bond motifs is 1. The van der Waals surface area contributed by atoms with Crippen molar-refractivity contribution in [1.82, 2.24) is 9.55 Å². The van der Waals surface area contributed by atoms with E-state index in [-0.39, 0.29) is 16.4 Å². The van der Waals surface area contributed by atoms with Crippen LogP contribution in [0.3, 0.4) is 0 Å². The maximum Gasteiger partial charge on any atom is 0.339 e. The van der Waals surface area contributed by atoms with Gasteiger partial charge in [0.25, 0.3) is 0 Å². The molecule has 1 aromatic heterocycles. The van der Waals surface area contributed by atoms with E-state index in [0.717, 1.165) is 16.6 Å². The number of hydrogen-bond acceptors (Lipinski definition) is 6. The molecule has 7 nitrogen and oxygen atoms in total. The zero-order chi connectivity index (χ0) is 23.6. The minimum atomic E-state index is -4.03. The number of hydrogen-bond donors (Lipinski definition) is 0. The Hall–Kier alpha value is -4.09. The molecule has 0 bridgehead atoms. The van der Waals surface area contributed by atoms with Crippen LogP contribution in [0.1, 0.15) is 17.0 Å². The van der Waals surface area contributed by atoms with E-state index in [1.807, 2.05) is 42.8 Å². The minimum absolute atomic E-state index is 0.0488. The predicted molar refractivity (Wildman–Crippen MR) is 126 cm³/mol. The smallest absolute Gasteiger partial charge is 0.339 e. The molecular formula is C25H21N3O4S. The van der Waals surface area contributed by atoms with E-state index in [0.29, 0.717) is 17.0 Å². The lowest BCUT2D eigenvalue weighted by Crippen LogP contribution is -2.10. The number of aryl methyl sites for hydroxylation is 2. The van der Waals surface area contributed by atoms with E-state index in [9.17, 15) is 13.7 Å². The van der Waals surface area contributed by atoms with Gasteiger partial charge in [-0.3, -0.25) is 0 Å². The first-order valence-electron chi connectivity index (χ1n) is 10.0. The Morgan fingerprint density at radius 3 is 2.45 bits per heavy atom. The molecule has 0 spiro atoms. The van der Waals surface area contributed by atoms with Gasteiger partial charge in [-0.15, -0.1) is 0 Å². The van der Waals surface area contributed by atoms with Gasteiger partial charge in [0.05, 0.1) is 23.7 Å². The standard InChI is InChI=1S/C25H21N3O4S/c1-17-8-11-20(12-9-17)33(29,30)32-23-13-10-18(15-24(23)31-3)14-19(16-26)25-27-21-6-4-5-7-22(21)28(25)2/h4-15H,1-3H3/b19-14+. The highest BCUT2D eigenvalue weighted by Crippen LogP contribution is 2.32. The molecule has 0 atom stereocenters. The van der Waals surface area contributed by atoms with E-state index in [1.165, 1.54) is 25.3 Å². The second-order valence-electron chi connectivity index (χ2n) is 7.41. The van der Waals surface area contributed by atoms with Crippen LogP contribution in [-0.4, -0.2) is 25.1 Å². The molecule has 0 aliphatic rings. The van der Waals surface area contributed by atoms with Crippen LogP contribution in [0, 0.1) is 18.3 Å². The maximum atomic E-state index is 12.7. The molecule has 0 aliphatic heterocycles. The number of benzene rings is 3. The van der Waals surface area contributed by atoms with Crippen molar-refractivity contribution in [3.8, 4) is 17.6 Å². The van der Waals surface area contributed by atoms with Crippen LogP contribution in [0.2, 0.25) is 0 Å². The second kappa shape index (κ2) is 8.81. The Bertz CT molecular complexity index is 1510. The van der Waals surface area contributed by atoms with Crippen molar-refractivity contribution < 1.29 is 17.3 Å². The molecule has 0 N–H and O–H groups in total. The average Bonchev–Trinajstić information content (AvgIpc) is 3.15. The summed E-state index contributed by atoms with van der Waals surface area (Å²) < 4.78 is 37.8. The van der Waals surface area contributed by atoms with E-state index >= 15 is 0 Å². The van der Waals surface area contributed by atoms with E-state index in [2.05, 4.69) is 11.1 Å². The van der Waals surface area contributed by atoms with Crippen molar-refractivity contribution in [3.05, 3.63) is 83.7 Å². The van der Waals surface area contributed by atoms with Crippen LogP contribution >= 0.6 is 0 Å². The molecular weight excluding hydrogens is 438 g/mol. The fourth-order valence-corrected chi connectivity index (χ4v) is 4.35. The van der Waals surface area contributed by atoms with Gasteiger partial charge in [0, 0.05) is 7.05 Å². The van der Waals surface area contributed by atoms with Crippen molar-refractivity contribution in [2.45, 2.75) is 11.8 Å². The first kappa shape index (κ1) is 22.1. The highest BCUT2D eigenvalue weighted by Gasteiger charge is 2.19. The molecule has 0 unspecified atom stereocenters. The van der Waals surface area contributed by atoms with Crippen molar-refractivity contribution in [2.24, 2.45) is 7.05 Å². The first-order chi connectivity index (χ1) is 15.8. The van der Waals surface area contributed by atoms with Crippen molar-refractivity contribution >= 4 is 32.8 Å². The third-order valence-corrected chi connectivity index (χ3v) is 6.40. The molecule has 0 saturated heterocycles. The summed E-state index contributed by atoms with van der Waals surface area (Å²) in [7, 11) is -0.756. The summed E-state index contributed by atoms with van der Waals surface area (Å²) in [6.07, 6.45) is 1.67. The maximum absolute atomic E-state index is 12.7. The molecule has 1 heterocycles. The number of nitriles is 1. The Kier molecular flexibility index (Phi) is 5.90. The number of allylic oxidation sites excluding steroid dienone is 1. The van der Waals surface area contributed by atoms with Gasteiger partial charge in [-0.1, -0.05) is 35.9 Å². The summed E-state index contributed by atoms with van der Waals surface area (Å²) in [4.78, 5) is 4.61. The SMILES string of the molecule is COc1cc(/C=C(\C#N)c2nc3ccccc3n2C)ccc1OS(=O)(=O)c1ccc(C)cc1. The molecule has 3 aromatic carbocycles. The molecule has 0 saturated carbocycles. The number of aromatic nitrogens is 2. The number of nitrogens with zero attached hydrogens (tertiary/aromatic N) is 3. The number of imidazole rings is 1. The largest absolute Gasteiger partial charge is 0.493 e. The summed E-state index contributed by atoms with van der Waals surface area (Å²) in [5.41, 5.74) is 3.64. The number of rotatable bonds is 6. The summed E-state index contributed by atoms with van der Waals surface area (Å²) in [6, 6.07) is 21.0. The van der Waals surface area contributed by atoms with Gasteiger partial charge in [0.1, 0.15) is 11.0 Å². The Labute approximate surface area is 192 Å². The molecule has 166 valence electrons. The minimum Gasteiger partial charge on any atom is -0.493 e. The van der Waals surface area contributed by atoms with Gasteiger partial charge < -0.3 is 13.5 Å². The lowest BCUT2D eigenvalue weighted by Gasteiger charge is -2.12. The van der Waals surface area contributed by atoms with Gasteiger partial charge in [0.2, 0.25) is 0 Å².